The Bertz CT molecular complexity index is 339. The molecular formula is C12H14O. The van der Waals surface area contributed by atoms with Crippen LogP contribution in [0, 0.1) is 0 Å². The van der Waals surface area contributed by atoms with E-state index in [2.05, 4.69) is 37.3 Å². The highest BCUT2D eigenvalue weighted by Gasteiger charge is 2.21. The quantitative estimate of drug-likeness (QED) is 0.669. The van der Waals surface area contributed by atoms with Gasteiger partial charge in [-0.3, -0.25) is 0 Å². The van der Waals surface area contributed by atoms with Crippen LogP contribution in [0.5, 0.6) is 0 Å². The lowest BCUT2D eigenvalue weighted by atomic mass is 10.1. The van der Waals surface area contributed by atoms with Crippen molar-refractivity contribution < 1.29 is 4.74 Å². The van der Waals surface area contributed by atoms with E-state index in [1.165, 1.54) is 16.7 Å². The largest absolute Gasteiger partial charge is 0.369 e. The molecule has 0 fully saturated rings. The number of ether oxygens (including phenoxy) is 1. The molecule has 0 spiro atoms. The lowest BCUT2D eigenvalue weighted by Crippen LogP contribution is -2.02. The molecule has 1 nitrogen and oxygen atoms in total. The molecule has 0 amide bonds. The van der Waals surface area contributed by atoms with Crippen molar-refractivity contribution in [1.82, 2.24) is 0 Å². The van der Waals surface area contributed by atoms with E-state index in [-0.39, 0.29) is 6.10 Å². The smallest absolute Gasteiger partial charge is 0.104 e. The highest BCUT2D eigenvalue weighted by Crippen LogP contribution is 2.36. The molecule has 1 atom stereocenters. The van der Waals surface area contributed by atoms with Crippen LogP contribution in [0.25, 0.3) is 6.08 Å². The summed E-state index contributed by atoms with van der Waals surface area (Å²) in [7, 11) is 0. The molecule has 0 bridgehead atoms. The van der Waals surface area contributed by atoms with Gasteiger partial charge >= 0.3 is 0 Å². The van der Waals surface area contributed by atoms with Gasteiger partial charge in [-0.1, -0.05) is 30.3 Å². The molecule has 68 valence electrons. The molecule has 0 saturated heterocycles. The van der Waals surface area contributed by atoms with E-state index >= 15 is 0 Å². The number of hydrogen-bond donors (Lipinski definition) is 0. The van der Waals surface area contributed by atoms with E-state index in [4.69, 9.17) is 4.74 Å². The van der Waals surface area contributed by atoms with Gasteiger partial charge in [-0.15, -0.1) is 0 Å². The molecule has 0 aromatic heterocycles. The summed E-state index contributed by atoms with van der Waals surface area (Å²) in [5, 5.41) is 0. The molecule has 1 aromatic rings. The molecule has 0 heterocycles. The van der Waals surface area contributed by atoms with Crippen LogP contribution in [0.1, 0.15) is 31.1 Å². The SMILES string of the molecule is CCOC1C(C)=Cc2ccccc21. The van der Waals surface area contributed by atoms with Gasteiger partial charge in [-0.2, -0.15) is 0 Å². The van der Waals surface area contributed by atoms with Crippen LogP contribution < -0.4 is 0 Å². The minimum absolute atomic E-state index is 0.196. The zero-order valence-corrected chi connectivity index (χ0v) is 8.08. The van der Waals surface area contributed by atoms with Gasteiger partial charge in [0.2, 0.25) is 0 Å². The summed E-state index contributed by atoms with van der Waals surface area (Å²) in [5.41, 5.74) is 3.92. The van der Waals surface area contributed by atoms with E-state index in [1.54, 1.807) is 0 Å². The Morgan fingerprint density at radius 1 is 1.31 bits per heavy atom. The van der Waals surface area contributed by atoms with Crippen LogP contribution in [0.3, 0.4) is 0 Å². The maximum Gasteiger partial charge on any atom is 0.104 e. The Kier molecular flexibility index (Phi) is 2.19. The van der Waals surface area contributed by atoms with Crippen LogP contribution in [-0.4, -0.2) is 6.61 Å². The van der Waals surface area contributed by atoms with Crippen molar-refractivity contribution in [3.63, 3.8) is 0 Å². The standard InChI is InChI=1S/C12H14O/c1-3-13-12-9(2)8-10-6-4-5-7-11(10)12/h4-8,12H,3H2,1-2H3. The van der Waals surface area contributed by atoms with Crippen LogP contribution in [-0.2, 0) is 4.74 Å². The lowest BCUT2D eigenvalue weighted by molar-refractivity contribution is 0.0911. The van der Waals surface area contributed by atoms with E-state index in [0.717, 1.165) is 6.61 Å². The maximum absolute atomic E-state index is 5.67. The van der Waals surface area contributed by atoms with Crippen molar-refractivity contribution >= 4 is 6.08 Å². The zero-order valence-electron chi connectivity index (χ0n) is 8.08. The average Bonchev–Trinajstić information content (AvgIpc) is 2.44. The zero-order chi connectivity index (χ0) is 9.26. The summed E-state index contributed by atoms with van der Waals surface area (Å²) >= 11 is 0. The number of hydrogen-bond acceptors (Lipinski definition) is 1. The molecule has 1 aliphatic carbocycles. The second-order valence-electron chi connectivity index (χ2n) is 3.35. The van der Waals surface area contributed by atoms with Crippen molar-refractivity contribution in [2.75, 3.05) is 6.61 Å². The third-order valence-electron chi connectivity index (χ3n) is 2.41. The Balaban J connectivity index is 2.37. The van der Waals surface area contributed by atoms with Gasteiger partial charge in [0.1, 0.15) is 6.10 Å². The molecule has 1 aliphatic rings. The molecule has 2 rings (SSSR count). The molecule has 0 radical (unpaired) electrons. The lowest BCUT2D eigenvalue weighted by Gasteiger charge is -2.13. The topological polar surface area (TPSA) is 9.23 Å². The van der Waals surface area contributed by atoms with Crippen LogP contribution in [0.15, 0.2) is 29.8 Å². The summed E-state index contributed by atoms with van der Waals surface area (Å²) in [4.78, 5) is 0. The summed E-state index contributed by atoms with van der Waals surface area (Å²) in [5.74, 6) is 0. The van der Waals surface area contributed by atoms with E-state index < -0.39 is 0 Å². The Morgan fingerprint density at radius 3 is 2.85 bits per heavy atom. The fraction of sp³-hybridized carbons (Fsp3) is 0.333. The molecule has 13 heavy (non-hydrogen) atoms. The molecule has 0 saturated carbocycles. The van der Waals surface area contributed by atoms with Gasteiger partial charge in [-0.05, 0) is 30.5 Å². The summed E-state index contributed by atoms with van der Waals surface area (Å²) in [6.07, 6.45) is 2.40. The van der Waals surface area contributed by atoms with Gasteiger partial charge < -0.3 is 4.74 Å². The van der Waals surface area contributed by atoms with Gasteiger partial charge in [0.15, 0.2) is 0 Å². The molecule has 1 heteroatoms. The van der Waals surface area contributed by atoms with Crippen molar-refractivity contribution in [3.05, 3.63) is 41.0 Å². The van der Waals surface area contributed by atoms with E-state index in [0.29, 0.717) is 0 Å². The molecule has 0 aliphatic heterocycles. The first-order chi connectivity index (χ1) is 6.33. The molecular weight excluding hydrogens is 160 g/mol. The monoisotopic (exact) mass is 174 g/mol. The van der Waals surface area contributed by atoms with Crippen molar-refractivity contribution in [2.24, 2.45) is 0 Å². The normalized spacial score (nSPS) is 19.8. The predicted octanol–water partition coefficient (Wildman–Crippen LogP) is 3.18. The number of rotatable bonds is 2. The highest BCUT2D eigenvalue weighted by atomic mass is 16.5. The minimum Gasteiger partial charge on any atom is -0.369 e. The fourth-order valence-electron chi connectivity index (χ4n) is 1.84. The summed E-state index contributed by atoms with van der Waals surface area (Å²) in [6.45, 7) is 4.93. The second-order valence-corrected chi connectivity index (χ2v) is 3.35. The van der Waals surface area contributed by atoms with Gasteiger partial charge in [0.05, 0.1) is 0 Å². The van der Waals surface area contributed by atoms with E-state index in [9.17, 15) is 0 Å². The molecule has 0 N–H and O–H groups in total. The molecule has 1 aromatic carbocycles. The second kappa shape index (κ2) is 3.35. The van der Waals surface area contributed by atoms with Crippen molar-refractivity contribution in [1.29, 1.82) is 0 Å². The average molecular weight is 174 g/mol. The fourth-order valence-corrected chi connectivity index (χ4v) is 1.84. The first kappa shape index (κ1) is 8.52. The Labute approximate surface area is 79.0 Å². The summed E-state index contributed by atoms with van der Waals surface area (Å²) in [6, 6.07) is 8.41. The van der Waals surface area contributed by atoms with Crippen LogP contribution >= 0.6 is 0 Å². The molecule has 1 unspecified atom stereocenters. The summed E-state index contributed by atoms with van der Waals surface area (Å²) < 4.78 is 5.67. The minimum atomic E-state index is 0.196. The van der Waals surface area contributed by atoms with Crippen LogP contribution in [0.4, 0.5) is 0 Å². The van der Waals surface area contributed by atoms with Crippen molar-refractivity contribution in [2.45, 2.75) is 20.0 Å². The van der Waals surface area contributed by atoms with Crippen molar-refractivity contribution in [3.8, 4) is 0 Å². The van der Waals surface area contributed by atoms with Gasteiger partial charge in [-0.25, -0.2) is 0 Å². The third-order valence-corrected chi connectivity index (χ3v) is 2.41. The Hall–Kier alpha value is -1.08. The predicted molar refractivity (Wildman–Crippen MR) is 54.5 cm³/mol. The van der Waals surface area contributed by atoms with E-state index in [1.807, 2.05) is 6.92 Å². The number of fused-ring (bicyclic) bond motifs is 1. The van der Waals surface area contributed by atoms with Crippen LogP contribution in [0.2, 0.25) is 0 Å². The number of benzene rings is 1. The first-order valence-electron chi connectivity index (χ1n) is 4.71. The van der Waals surface area contributed by atoms with Gasteiger partial charge in [0, 0.05) is 6.61 Å². The Morgan fingerprint density at radius 2 is 2.08 bits per heavy atom. The highest BCUT2D eigenvalue weighted by molar-refractivity contribution is 5.64. The van der Waals surface area contributed by atoms with Gasteiger partial charge in [0.25, 0.3) is 0 Å². The maximum atomic E-state index is 5.67. The third kappa shape index (κ3) is 1.40. The first-order valence-corrected chi connectivity index (χ1v) is 4.71.